The normalized spacial score (nSPS) is 21.6. The molecule has 0 spiro atoms. The molecule has 202 valence electrons. The van der Waals surface area contributed by atoms with Crippen molar-refractivity contribution in [2.45, 2.75) is 44.2 Å². The third-order valence-corrected chi connectivity index (χ3v) is 7.60. The number of carbonyl (C=O) groups excluding carboxylic acids is 1. The molecule has 1 fully saturated rings. The van der Waals surface area contributed by atoms with Crippen LogP contribution in [0.2, 0.25) is 5.02 Å². The molecule has 1 aromatic heterocycles. The fraction of sp³-hybridized carbons (Fsp3) is 0.409. The molecule has 2 heterocycles. The minimum atomic E-state index is -4.26. The number of aromatic amines is 1. The molecule has 1 unspecified atom stereocenters. The summed E-state index contributed by atoms with van der Waals surface area (Å²) in [5.74, 6) is -0.585. The zero-order chi connectivity index (χ0) is 27.4. The monoisotopic (exact) mass is 621 g/mol. The van der Waals surface area contributed by atoms with E-state index in [0.29, 0.717) is 5.02 Å². The Morgan fingerprint density at radius 1 is 1.38 bits per heavy atom. The van der Waals surface area contributed by atoms with Crippen molar-refractivity contribution in [1.82, 2.24) is 14.6 Å². The van der Waals surface area contributed by atoms with Crippen molar-refractivity contribution in [3.8, 4) is 5.75 Å². The van der Waals surface area contributed by atoms with Crippen molar-refractivity contribution < 1.29 is 33.0 Å². The quantitative estimate of drug-likeness (QED) is 0.266. The number of benzene rings is 1. The van der Waals surface area contributed by atoms with E-state index in [1.54, 1.807) is 0 Å². The Bertz CT molecular complexity index is 1310. The highest BCUT2D eigenvalue weighted by atomic mass is 79.9. The molecule has 3 rings (SSSR count). The molecular weight excluding hydrogens is 597 g/mol. The van der Waals surface area contributed by atoms with Crippen LogP contribution >= 0.6 is 35.3 Å². The largest absolute Gasteiger partial charge is 0.468 e. The fourth-order valence-corrected chi connectivity index (χ4v) is 5.56. The number of methoxy groups -OCH3 is 1. The van der Waals surface area contributed by atoms with Crippen LogP contribution in [-0.4, -0.2) is 52.1 Å². The van der Waals surface area contributed by atoms with E-state index in [-0.39, 0.29) is 17.7 Å². The standard InChI is InChI=1S/C22H26BrClN3O9P/c1-22(2,20(30)33-3)26-37(32,36-15-6-4-14(24)5-7-15)34-12-17-16(28)10-18(35-17)27-11-13(8-9-23)19(29)25-21(27)31/h4-9,11,16-18,28H,10,12H2,1-3H3,(H,26,32)(H,25,29,31)/b9-8+/t16-,17+,18+,37?/m0/s1. The first-order valence-corrected chi connectivity index (χ1v) is 13.7. The summed E-state index contributed by atoms with van der Waals surface area (Å²) in [7, 11) is -3.09. The van der Waals surface area contributed by atoms with E-state index in [2.05, 4.69) is 26.0 Å². The van der Waals surface area contributed by atoms with Crippen LogP contribution in [0.25, 0.3) is 6.08 Å². The molecular formula is C22H26BrClN3O9P. The lowest BCUT2D eigenvalue weighted by molar-refractivity contribution is -0.146. The maximum absolute atomic E-state index is 13.7. The lowest BCUT2D eigenvalue weighted by atomic mass is 10.1. The summed E-state index contributed by atoms with van der Waals surface area (Å²) in [6.07, 6.45) is -0.345. The highest BCUT2D eigenvalue weighted by Crippen LogP contribution is 2.47. The van der Waals surface area contributed by atoms with Gasteiger partial charge in [0.2, 0.25) is 0 Å². The third-order valence-electron chi connectivity index (χ3n) is 5.31. The summed E-state index contributed by atoms with van der Waals surface area (Å²) in [4.78, 5) is 40.1. The molecule has 1 aliphatic heterocycles. The summed E-state index contributed by atoms with van der Waals surface area (Å²) in [5.41, 5.74) is -2.61. The second-order valence-corrected chi connectivity index (χ2v) is 11.2. The number of esters is 1. The molecule has 4 atom stereocenters. The lowest BCUT2D eigenvalue weighted by Crippen LogP contribution is -2.47. The van der Waals surface area contributed by atoms with E-state index in [4.69, 9.17) is 30.1 Å². The molecule has 3 N–H and O–H groups in total. The number of H-pyrrole nitrogens is 1. The maximum Gasteiger partial charge on any atom is 0.459 e. The van der Waals surface area contributed by atoms with Gasteiger partial charge in [-0.25, -0.2) is 9.36 Å². The van der Waals surface area contributed by atoms with E-state index >= 15 is 0 Å². The third kappa shape index (κ3) is 7.41. The van der Waals surface area contributed by atoms with E-state index in [9.17, 15) is 24.1 Å². The number of rotatable bonds is 10. The number of hydrogen-bond donors (Lipinski definition) is 3. The Hall–Kier alpha value is -2.25. The molecule has 0 radical (unpaired) electrons. The number of aromatic nitrogens is 2. The van der Waals surface area contributed by atoms with Gasteiger partial charge in [-0.15, -0.1) is 0 Å². The van der Waals surface area contributed by atoms with Crippen molar-refractivity contribution in [2.24, 2.45) is 0 Å². The molecule has 37 heavy (non-hydrogen) atoms. The van der Waals surface area contributed by atoms with Crippen molar-refractivity contribution in [3.63, 3.8) is 0 Å². The molecule has 2 aromatic rings. The average molecular weight is 623 g/mol. The van der Waals surface area contributed by atoms with Crippen molar-refractivity contribution in [1.29, 1.82) is 0 Å². The van der Waals surface area contributed by atoms with Gasteiger partial charge in [0, 0.05) is 17.6 Å². The lowest BCUT2D eigenvalue weighted by Gasteiger charge is -2.29. The molecule has 1 aromatic carbocycles. The molecule has 0 bridgehead atoms. The Balaban J connectivity index is 1.80. The van der Waals surface area contributed by atoms with Crippen LogP contribution in [-0.2, 0) is 23.4 Å². The molecule has 0 aliphatic carbocycles. The van der Waals surface area contributed by atoms with Crippen molar-refractivity contribution >= 4 is 47.3 Å². The Kier molecular flexibility index (Phi) is 9.57. The predicted molar refractivity (Wildman–Crippen MR) is 139 cm³/mol. The minimum Gasteiger partial charge on any atom is -0.468 e. The topological polar surface area (TPSA) is 158 Å². The van der Waals surface area contributed by atoms with E-state index in [0.717, 1.165) is 4.57 Å². The number of nitrogens with zero attached hydrogens (tertiary/aromatic N) is 1. The first kappa shape index (κ1) is 29.3. The van der Waals surface area contributed by atoms with Crippen molar-refractivity contribution in [2.75, 3.05) is 13.7 Å². The van der Waals surface area contributed by atoms with Crippen LogP contribution in [0.3, 0.4) is 0 Å². The van der Waals surface area contributed by atoms with Gasteiger partial charge in [-0.05, 0) is 49.2 Å². The second-order valence-electron chi connectivity index (χ2n) is 8.54. The number of aliphatic hydroxyl groups is 1. The van der Waals surface area contributed by atoms with Gasteiger partial charge in [0.1, 0.15) is 23.6 Å². The summed E-state index contributed by atoms with van der Waals surface area (Å²) >= 11 is 8.98. The van der Waals surface area contributed by atoms with Crippen LogP contribution in [0.4, 0.5) is 0 Å². The second kappa shape index (κ2) is 12.1. The highest BCUT2D eigenvalue weighted by Gasteiger charge is 2.43. The fourth-order valence-electron chi connectivity index (χ4n) is 3.47. The van der Waals surface area contributed by atoms with E-state index < -0.39 is 55.5 Å². The summed E-state index contributed by atoms with van der Waals surface area (Å²) < 4.78 is 36.5. The molecule has 15 heteroatoms. The Morgan fingerprint density at radius 2 is 2.05 bits per heavy atom. The number of halogens is 2. The zero-order valence-corrected chi connectivity index (χ0v) is 23.3. The SMILES string of the molecule is COC(=O)C(C)(C)NP(=O)(OC[C@H]1O[C@@H](n2cc(/C=C/Br)c(=O)[nH]c2=O)C[C@@H]1O)Oc1ccc(Cl)cc1. The van der Waals surface area contributed by atoms with Gasteiger partial charge >= 0.3 is 19.4 Å². The molecule has 0 saturated carbocycles. The number of ether oxygens (including phenoxy) is 2. The first-order chi connectivity index (χ1) is 17.4. The van der Waals surface area contributed by atoms with Gasteiger partial charge in [0.15, 0.2) is 0 Å². The van der Waals surface area contributed by atoms with Gasteiger partial charge in [-0.2, -0.15) is 5.09 Å². The number of aliphatic hydroxyl groups excluding tert-OH is 1. The molecule has 0 amide bonds. The zero-order valence-electron chi connectivity index (χ0n) is 20.1. The number of nitrogens with one attached hydrogen (secondary N) is 2. The summed E-state index contributed by atoms with van der Waals surface area (Å²) in [6, 6.07) is 5.96. The van der Waals surface area contributed by atoms with E-state index in [1.165, 1.54) is 62.5 Å². The van der Waals surface area contributed by atoms with Crippen LogP contribution in [0.1, 0.15) is 32.1 Å². The van der Waals surface area contributed by atoms with Gasteiger partial charge in [0.25, 0.3) is 5.56 Å². The first-order valence-electron chi connectivity index (χ1n) is 10.9. The smallest absolute Gasteiger partial charge is 0.459 e. The summed E-state index contributed by atoms with van der Waals surface area (Å²) in [6.45, 7) is 2.43. The van der Waals surface area contributed by atoms with Crippen LogP contribution < -0.4 is 20.9 Å². The summed E-state index contributed by atoms with van der Waals surface area (Å²) in [5, 5.41) is 13.5. The van der Waals surface area contributed by atoms with Crippen molar-refractivity contribution in [3.05, 3.63) is 66.9 Å². The highest BCUT2D eigenvalue weighted by molar-refractivity contribution is 9.11. The van der Waals surface area contributed by atoms with Crippen LogP contribution in [0, 0.1) is 0 Å². The van der Waals surface area contributed by atoms with Gasteiger partial charge < -0.3 is 19.1 Å². The number of carbonyl (C=O) groups is 1. The number of hydrogen-bond acceptors (Lipinski definition) is 9. The molecule has 12 nitrogen and oxygen atoms in total. The van der Waals surface area contributed by atoms with Gasteiger partial charge in [-0.1, -0.05) is 27.5 Å². The maximum atomic E-state index is 13.7. The molecule has 1 aliphatic rings. The van der Waals surface area contributed by atoms with Gasteiger partial charge in [0.05, 0.1) is 25.4 Å². The van der Waals surface area contributed by atoms with Gasteiger partial charge in [-0.3, -0.25) is 23.7 Å². The van der Waals surface area contributed by atoms with E-state index in [1.807, 2.05) is 0 Å². The predicted octanol–water partition coefficient (Wildman–Crippen LogP) is 2.95. The average Bonchev–Trinajstić information content (AvgIpc) is 3.20. The minimum absolute atomic E-state index is 0.0130. The van der Waals surface area contributed by atoms with Crippen LogP contribution in [0.15, 0.2) is 45.0 Å². The molecule has 1 saturated heterocycles. The Morgan fingerprint density at radius 3 is 2.68 bits per heavy atom. The van der Waals surface area contributed by atoms with Crippen LogP contribution in [0.5, 0.6) is 5.75 Å². The Labute approximate surface area is 225 Å².